The fraction of sp³-hybridized carbons (Fsp3) is 0.200. The van der Waals surface area contributed by atoms with Crippen molar-refractivity contribution in [1.29, 1.82) is 0 Å². The van der Waals surface area contributed by atoms with Crippen LogP contribution in [0.1, 0.15) is 35.7 Å². The molecular weight excluding hydrogens is 366 g/mol. The Hall–Kier alpha value is -2.20. The van der Waals surface area contributed by atoms with Gasteiger partial charge in [-0.3, -0.25) is 0 Å². The molecule has 0 radical (unpaired) electrons. The number of aromatic carboxylic acids is 1. The molecule has 122 valence electrons. The van der Waals surface area contributed by atoms with E-state index in [4.69, 9.17) is 0 Å². The largest absolute Gasteiger partial charge is 0.545 e. The first kappa shape index (κ1) is 16.7. The molecule has 0 spiro atoms. The average molecular weight is 383 g/mol. The molecule has 4 heteroatoms. The monoisotopic (exact) mass is 382 g/mol. The topological polar surface area (TPSA) is 53.0 Å². The van der Waals surface area contributed by atoms with Crippen molar-refractivity contribution in [3.63, 3.8) is 0 Å². The Balaban J connectivity index is 2.06. The lowest BCUT2D eigenvalue weighted by molar-refractivity contribution is -0.254. The van der Waals surface area contributed by atoms with E-state index in [1.165, 1.54) is 12.0 Å². The molecule has 3 aromatic rings. The zero-order chi connectivity index (χ0) is 17.1. The van der Waals surface area contributed by atoms with Crippen molar-refractivity contribution in [3.8, 4) is 11.3 Å². The van der Waals surface area contributed by atoms with E-state index in [9.17, 15) is 9.90 Å². The van der Waals surface area contributed by atoms with Crippen LogP contribution in [0.25, 0.3) is 22.2 Å². The van der Waals surface area contributed by atoms with Gasteiger partial charge in [-0.15, -0.1) is 0 Å². The summed E-state index contributed by atoms with van der Waals surface area (Å²) in [5, 5.41) is 12.1. The molecule has 0 unspecified atom stereocenters. The van der Waals surface area contributed by atoms with Crippen LogP contribution in [0.15, 0.2) is 53.0 Å². The minimum Gasteiger partial charge on any atom is -0.545 e. The number of hydrogen-bond acceptors (Lipinski definition) is 3. The molecule has 1 aromatic heterocycles. The molecule has 2 aromatic carbocycles. The Morgan fingerprint density at radius 3 is 2.54 bits per heavy atom. The molecule has 0 fully saturated rings. The van der Waals surface area contributed by atoms with Gasteiger partial charge < -0.3 is 9.90 Å². The van der Waals surface area contributed by atoms with E-state index in [1.807, 2.05) is 24.3 Å². The van der Waals surface area contributed by atoms with Gasteiger partial charge in [-0.2, -0.15) is 0 Å². The number of pyridine rings is 1. The van der Waals surface area contributed by atoms with Crippen molar-refractivity contribution < 1.29 is 9.90 Å². The Labute approximate surface area is 149 Å². The highest BCUT2D eigenvalue weighted by molar-refractivity contribution is 9.10. The molecule has 0 N–H and O–H groups in total. The second-order valence-electron chi connectivity index (χ2n) is 5.80. The van der Waals surface area contributed by atoms with Crippen LogP contribution < -0.4 is 5.11 Å². The number of nitrogens with zero attached hydrogens (tertiary/aromatic N) is 1. The molecule has 3 nitrogen and oxygen atoms in total. The Kier molecular flexibility index (Phi) is 4.95. The van der Waals surface area contributed by atoms with Crippen LogP contribution in [0.3, 0.4) is 0 Å². The van der Waals surface area contributed by atoms with E-state index in [0.717, 1.165) is 22.9 Å². The van der Waals surface area contributed by atoms with Crippen molar-refractivity contribution in [2.45, 2.75) is 26.2 Å². The molecule has 1 heterocycles. The highest BCUT2D eigenvalue weighted by Crippen LogP contribution is 2.27. The van der Waals surface area contributed by atoms with Crippen molar-refractivity contribution in [3.05, 3.63) is 64.1 Å². The second-order valence-corrected chi connectivity index (χ2v) is 6.72. The number of carbonyl (C=O) groups is 1. The summed E-state index contributed by atoms with van der Waals surface area (Å²) in [7, 11) is 0. The number of hydrogen-bond donors (Lipinski definition) is 0. The highest BCUT2D eigenvalue weighted by atomic mass is 79.9. The van der Waals surface area contributed by atoms with E-state index in [2.05, 4.69) is 40.0 Å². The maximum absolute atomic E-state index is 11.5. The lowest BCUT2D eigenvalue weighted by Gasteiger charge is -2.11. The van der Waals surface area contributed by atoms with Crippen LogP contribution in [-0.4, -0.2) is 11.0 Å². The minimum absolute atomic E-state index is 0.159. The van der Waals surface area contributed by atoms with Crippen molar-refractivity contribution in [2.24, 2.45) is 0 Å². The van der Waals surface area contributed by atoms with Gasteiger partial charge in [-0.05, 0) is 42.7 Å². The number of fused-ring (bicyclic) bond motifs is 1. The zero-order valence-corrected chi connectivity index (χ0v) is 15.0. The van der Waals surface area contributed by atoms with E-state index in [0.29, 0.717) is 16.6 Å². The number of carboxylic acids is 1. The van der Waals surface area contributed by atoms with Gasteiger partial charge in [0.05, 0.1) is 17.2 Å². The quantitative estimate of drug-likeness (QED) is 0.658. The van der Waals surface area contributed by atoms with E-state index < -0.39 is 5.97 Å². The first-order chi connectivity index (χ1) is 11.6. The summed E-state index contributed by atoms with van der Waals surface area (Å²) >= 11 is 3.37. The minimum atomic E-state index is -1.19. The molecule has 3 rings (SSSR count). The normalized spacial score (nSPS) is 10.9. The van der Waals surface area contributed by atoms with Gasteiger partial charge in [0.15, 0.2) is 0 Å². The van der Waals surface area contributed by atoms with Crippen LogP contribution in [-0.2, 0) is 6.42 Å². The van der Waals surface area contributed by atoms with Gasteiger partial charge in [0, 0.05) is 21.0 Å². The summed E-state index contributed by atoms with van der Waals surface area (Å²) in [6.07, 6.45) is 3.38. The molecule has 0 aliphatic heterocycles. The third-order valence-electron chi connectivity index (χ3n) is 4.06. The molecule has 0 bridgehead atoms. The van der Waals surface area contributed by atoms with Gasteiger partial charge in [0.1, 0.15) is 0 Å². The lowest BCUT2D eigenvalue weighted by atomic mass is 10.0. The molecular formula is C20H17BrNO2-. The number of aryl methyl sites for hydroxylation is 1. The summed E-state index contributed by atoms with van der Waals surface area (Å²) in [4.78, 5) is 16.1. The van der Waals surface area contributed by atoms with Crippen molar-refractivity contribution in [2.75, 3.05) is 0 Å². The summed E-state index contributed by atoms with van der Waals surface area (Å²) < 4.78 is 0.812. The fourth-order valence-corrected chi connectivity index (χ4v) is 3.10. The van der Waals surface area contributed by atoms with Crippen LogP contribution in [0.5, 0.6) is 0 Å². The van der Waals surface area contributed by atoms with Crippen LogP contribution in [0.4, 0.5) is 0 Å². The molecule has 24 heavy (non-hydrogen) atoms. The summed E-state index contributed by atoms with van der Waals surface area (Å²) in [5.74, 6) is -1.19. The Morgan fingerprint density at radius 2 is 1.88 bits per heavy atom. The molecule has 0 aliphatic carbocycles. The van der Waals surface area contributed by atoms with Crippen LogP contribution >= 0.6 is 15.9 Å². The van der Waals surface area contributed by atoms with E-state index in [1.54, 1.807) is 12.1 Å². The summed E-state index contributed by atoms with van der Waals surface area (Å²) in [6, 6.07) is 15.2. The molecule has 0 atom stereocenters. The van der Waals surface area contributed by atoms with Crippen LogP contribution in [0, 0.1) is 0 Å². The van der Waals surface area contributed by atoms with Gasteiger partial charge >= 0.3 is 0 Å². The third kappa shape index (κ3) is 3.49. The molecule has 0 amide bonds. The molecule has 0 saturated heterocycles. The maximum atomic E-state index is 11.5. The Bertz CT molecular complexity index is 888. The highest BCUT2D eigenvalue weighted by Gasteiger charge is 2.09. The maximum Gasteiger partial charge on any atom is 0.0722 e. The van der Waals surface area contributed by atoms with E-state index >= 15 is 0 Å². The van der Waals surface area contributed by atoms with E-state index in [-0.39, 0.29) is 5.56 Å². The number of aromatic nitrogens is 1. The first-order valence-electron chi connectivity index (χ1n) is 7.99. The number of carbonyl (C=O) groups excluding carboxylic acids is 1. The number of halogens is 1. The summed E-state index contributed by atoms with van der Waals surface area (Å²) in [5.41, 5.74) is 3.63. The predicted octanol–water partition coefficient (Wildman–Crippen LogP) is 4.37. The lowest BCUT2D eigenvalue weighted by Crippen LogP contribution is -2.22. The van der Waals surface area contributed by atoms with Crippen molar-refractivity contribution in [1.82, 2.24) is 4.98 Å². The summed E-state index contributed by atoms with van der Waals surface area (Å²) in [6.45, 7) is 2.17. The number of benzene rings is 2. The fourth-order valence-electron chi connectivity index (χ4n) is 2.74. The third-order valence-corrected chi connectivity index (χ3v) is 4.55. The molecule has 0 saturated carbocycles. The van der Waals surface area contributed by atoms with Gasteiger partial charge in [-0.25, -0.2) is 4.98 Å². The van der Waals surface area contributed by atoms with Gasteiger partial charge in [-0.1, -0.05) is 53.5 Å². The van der Waals surface area contributed by atoms with Gasteiger partial charge in [0.2, 0.25) is 0 Å². The SMILES string of the molecule is CCCCc1ccc(-c2cc(C(=O)[O-])c3cc(Br)ccc3n2)cc1. The van der Waals surface area contributed by atoms with Crippen LogP contribution in [0.2, 0.25) is 0 Å². The van der Waals surface area contributed by atoms with Crippen molar-refractivity contribution >= 4 is 32.8 Å². The Morgan fingerprint density at radius 1 is 1.12 bits per heavy atom. The molecule has 0 aliphatic rings. The standard InChI is InChI=1S/C20H18BrNO2/c1-2-3-4-13-5-7-14(8-6-13)19-12-17(20(23)24)16-11-15(21)9-10-18(16)22-19/h5-12H,2-4H2,1H3,(H,23,24)/p-1. The average Bonchev–Trinajstić information content (AvgIpc) is 2.59. The zero-order valence-electron chi connectivity index (χ0n) is 13.4. The van der Waals surface area contributed by atoms with Gasteiger partial charge in [0.25, 0.3) is 0 Å². The smallest absolute Gasteiger partial charge is 0.0722 e. The first-order valence-corrected chi connectivity index (χ1v) is 8.78. The number of carboxylic acid groups (broad SMARTS) is 1. The second kappa shape index (κ2) is 7.14. The number of rotatable bonds is 5. The number of unbranched alkanes of at least 4 members (excludes halogenated alkanes) is 1. The predicted molar refractivity (Wildman–Crippen MR) is 97.8 cm³/mol.